The van der Waals surface area contributed by atoms with E-state index < -0.39 is 41.9 Å². The quantitative estimate of drug-likeness (QED) is 0.0425. The summed E-state index contributed by atoms with van der Waals surface area (Å²) in [6.07, 6.45) is -1.70. The molecule has 2 unspecified atom stereocenters. The van der Waals surface area contributed by atoms with Crippen LogP contribution in [0.2, 0.25) is 0 Å². The lowest BCUT2D eigenvalue weighted by Gasteiger charge is -2.23. The first-order chi connectivity index (χ1) is 22.3. The second-order valence-corrected chi connectivity index (χ2v) is 13.0. The van der Waals surface area contributed by atoms with Gasteiger partial charge in [-0.2, -0.15) is 9.78 Å². The van der Waals surface area contributed by atoms with Crippen molar-refractivity contribution in [2.75, 3.05) is 0 Å². The van der Waals surface area contributed by atoms with Crippen LogP contribution in [0.3, 0.4) is 0 Å². The van der Waals surface area contributed by atoms with Crippen LogP contribution in [0.5, 0.6) is 0 Å². The summed E-state index contributed by atoms with van der Waals surface area (Å²) in [5.74, 6) is -0.839. The zero-order chi connectivity index (χ0) is 36.2. The minimum atomic E-state index is -1.33. The van der Waals surface area contributed by atoms with Crippen molar-refractivity contribution in [2.45, 2.75) is 119 Å². The second-order valence-electron chi connectivity index (χ2n) is 13.0. The van der Waals surface area contributed by atoms with Crippen molar-refractivity contribution in [3.63, 3.8) is 0 Å². The highest BCUT2D eigenvalue weighted by Gasteiger charge is 2.26. The van der Waals surface area contributed by atoms with E-state index in [1.165, 1.54) is 38.8 Å². The molecule has 0 radical (unpaired) electrons. The van der Waals surface area contributed by atoms with Gasteiger partial charge >= 0.3 is 18.1 Å². The van der Waals surface area contributed by atoms with Gasteiger partial charge in [-0.05, 0) is 75.6 Å². The fourth-order valence-corrected chi connectivity index (χ4v) is 4.00. The lowest BCUT2D eigenvalue weighted by Crippen LogP contribution is -2.27. The topological polar surface area (TPSA) is 125 Å². The highest BCUT2D eigenvalue weighted by molar-refractivity contribution is 5.88. The van der Waals surface area contributed by atoms with Crippen molar-refractivity contribution in [2.24, 2.45) is 0 Å². The van der Waals surface area contributed by atoms with Crippen LogP contribution in [0.15, 0.2) is 72.2 Å². The minimum absolute atomic E-state index is 0.0490. The lowest BCUT2D eigenvalue weighted by molar-refractivity contribution is -0.322. The van der Waals surface area contributed by atoms with E-state index >= 15 is 0 Å². The number of hydrogen-bond acceptors (Lipinski definition) is 11. The minimum Gasteiger partial charge on any atom is -0.422 e. The number of hydrogen-bond donors (Lipinski definition) is 0. The molecule has 11 nitrogen and oxygen atoms in total. The zero-order valence-electron chi connectivity index (χ0n) is 30.1. The number of esters is 2. The molecular formula is C37H50O11. The van der Waals surface area contributed by atoms with E-state index in [0.29, 0.717) is 11.8 Å². The molecule has 0 aliphatic rings. The summed E-state index contributed by atoms with van der Waals surface area (Å²) < 4.78 is 20.1. The summed E-state index contributed by atoms with van der Waals surface area (Å²) in [7, 11) is 0. The molecule has 0 amide bonds. The van der Waals surface area contributed by atoms with Crippen LogP contribution in [0.4, 0.5) is 4.79 Å². The van der Waals surface area contributed by atoms with Crippen LogP contribution in [0, 0.1) is 0 Å². The summed E-state index contributed by atoms with van der Waals surface area (Å²) in [4.78, 5) is 58.4. The van der Waals surface area contributed by atoms with Gasteiger partial charge in [0.1, 0.15) is 23.7 Å². The maximum Gasteiger partial charge on any atom is 0.514 e. The van der Waals surface area contributed by atoms with Gasteiger partial charge in [0.25, 0.3) is 0 Å². The second kappa shape index (κ2) is 17.7. The van der Waals surface area contributed by atoms with Crippen LogP contribution in [0.25, 0.3) is 0 Å². The van der Waals surface area contributed by atoms with Crippen molar-refractivity contribution in [3.05, 3.63) is 94.5 Å². The van der Waals surface area contributed by atoms with E-state index in [0.717, 1.165) is 23.7 Å². The first-order valence-corrected chi connectivity index (χ1v) is 15.8. The van der Waals surface area contributed by atoms with Gasteiger partial charge in [-0.25, -0.2) is 14.4 Å². The molecule has 264 valence electrons. The molecular weight excluding hydrogens is 620 g/mol. The predicted molar refractivity (Wildman–Crippen MR) is 178 cm³/mol. The third-order valence-corrected chi connectivity index (χ3v) is 7.22. The van der Waals surface area contributed by atoms with E-state index in [1.54, 1.807) is 0 Å². The number of carbonyl (C=O) groups is 3. The number of carbonyl (C=O) groups excluding carboxylic acids is 3. The van der Waals surface area contributed by atoms with E-state index in [9.17, 15) is 14.4 Å². The smallest absolute Gasteiger partial charge is 0.422 e. The third-order valence-electron chi connectivity index (χ3n) is 7.22. The van der Waals surface area contributed by atoms with Gasteiger partial charge in [0.2, 0.25) is 12.6 Å². The Hall–Kier alpha value is -4.35. The van der Waals surface area contributed by atoms with Crippen molar-refractivity contribution < 1.29 is 52.9 Å². The maximum absolute atomic E-state index is 12.4. The van der Waals surface area contributed by atoms with Crippen molar-refractivity contribution >= 4 is 18.1 Å². The van der Waals surface area contributed by atoms with Crippen molar-refractivity contribution in [3.8, 4) is 0 Å². The van der Waals surface area contributed by atoms with E-state index in [4.69, 9.17) is 38.5 Å². The monoisotopic (exact) mass is 670 g/mol. The van der Waals surface area contributed by atoms with Gasteiger partial charge in [-0.15, -0.1) is 0 Å². The average Bonchev–Trinajstić information content (AvgIpc) is 3.00. The summed E-state index contributed by atoms with van der Waals surface area (Å²) in [6, 6.07) is 16.0. The lowest BCUT2D eigenvalue weighted by atomic mass is 9.94. The molecule has 2 rings (SSSR count). The Morgan fingerprint density at radius 2 is 0.854 bits per heavy atom. The Morgan fingerprint density at radius 3 is 1.15 bits per heavy atom. The van der Waals surface area contributed by atoms with E-state index in [2.05, 4.69) is 27.7 Å². The summed E-state index contributed by atoms with van der Waals surface area (Å²) in [5, 5.41) is 0. The highest BCUT2D eigenvalue weighted by atomic mass is 17.2. The van der Waals surface area contributed by atoms with Crippen LogP contribution in [-0.2, 0) is 59.3 Å². The molecule has 0 N–H and O–H groups in total. The third kappa shape index (κ3) is 12.7. The molecule has 0 aliphatic heterocycles. The molecule has 0 fully saturated rings. The fraction of sp³-hybridized carbons (Fsp3) is 0.486. The molecule has 0 aliphatic carbocycles. The predicted octanol–water partition coefficient (Wildman–Crippen LogP) is 8.74. The van der Waals surface area contributed by atoms with Crippen LogP contribution >= 0.6 is 0 Å². The number of rotatable bonds is 16. The van der Waals surface area contributed by atoms with E-state index in [1.807, 2.05) is 76.2 Å². The Balaban J connectivity index is 1.77. The Morgan fingerprint density at radius 1 is 0.542 bits per heavy atom. The first kappa shape index (κ1) is 39.8. The molecule has 48 heavy (non-hydrogen) atoms. The summed E-state index contributed by atoms with van der Waals surface area (Å²) in [5.41, 5.74) is 2.67. The molecule has 2 aromatic carbocycles. The Kier molecular flexibility index (Phi) is 14.7. The molecule has 0 saturated carbocycles. The molecule has 0 spiro atoms. The van der Waals surface area contributed by atoms with Crippen LogP contribution in [-0.4, -0.2) is 30.7 Å². The molecule has 0 bridgehead atoms. The van der Waals surface area contributed by atoms with Gasteiger partial charge in [-0.3, -0.25) is 0 Å². The summed E-state index contributed by atoms with van der Waals surface area (Å²) >= 11 is 0. The Labute approximate surface area is 283 Å². The van der Waals surface area contributed by atoms with Gasteiger partial charge < -0.3 is 28.7 Å². The van der Waals surface area contributed by atoms with Crippen LogP contribution < -0.4 is 0 Å². The average molecular weight is 671 g/mol. The molecule has 0 aromatic heterocycles. The van der Waals surface area contributed by atoms with Gasteiger partial charge in [0.05, 0.1) is 11.1 Å². The van der Waals surface area contributed by atoms with Crippen molar-refractivity contribution in [1.82, 2.24) is 0 Å². The fourth-order valence-electron chi connectivity index (χ4n) is 4.00. The maximum atomic E-state index is 12.4. The van der Waals surface area contributed by atoms with Crippen LogP contribution in [0.1, 0.15) is 117 Å². The van der Waals surface area contributed by atoms with Crippen molar-refractivity contribution in [1.29, 1.82) is 0 Å². The van der Waals surface area contributed by atoms with Gasteiger partial charge in [-0.1, -0.05) is 76.2 Å². The molecule has 0 saturated heterocycles. The molecule has 2 aromatic rings. The normalized spacial score (nSPS) is 13.9. The largest absolute Gasteiger partial charge is 0.514 e. The number of benzene rings is 2. The van der Waals surface area contributed by atoms with Gasteiger partial charge in [0.15, 0.2) is 0 Å². The van der Waals surface area contributed by atoms with E-state index in [-0.39, 0.29) is 11.1 Å². The molecule has 11 heteroatoms. The Bertz CT molecular complexity index is 1310. The number of ether oxygens (including phenoxy) is 4. The SMILES string of the molecule is C/C(=C\OOC(C)(C)c1ccc(C(C)C)cc1)C(=O)OC(C)OC(=O)OC(C)OC(=O)/C(C)=C/OOC(C)(C)c1ccc(C(C)C)cc1. The molecule has 0 heterocycles. The highest BCUT2D eigenvalue weighted by Crippen LogP contribution is 2.28. The first-order valence-electron chi connectivity index (χ1n) is 15.8. The zero-order valence-corrected chi connectivity index (χ0v) is 30.1. The summed E-state index contributed by atoms with van der Waals surface area (Å²) in [6.45, 7) is 21.3. The molecule has 2 atom stereocenters. The standard InChI is InChI=1S/C37H50O11/c1-23(2)29-13-17-31(18-14-29)36(9,10)47-41-21-25(5)33(38)43-27(7)45-35(40)46-28(8)44-34(39)26(6)22-42-48-37(11,12)32-19-15-30(16-20-32)24(3)4/h13-24,27-28H,1-12H3/b25-21+,26-22+. The van der Waals surface area contributed by atoms with Gasteiger partial charge in [0, 0.05) is 13.8 Å².